The monoisotopic (exact) mass is 282 g/mol. The Bertz CT molecular complexity index is 427. The largest absolute Gasteiger partial charge is 0.574 e. The normalized spacial score (nSPS) is 10.9. The van der Waals surface area contributed by atoms with Gasteiger partial charge in [-0.25, -0.2) is 0 Å². The number of halogens is 4. The first-order valence-corrected chi connectivity index (χ1v) is 4.18. The smallest absolute Gasteiger partial charge is 0.502 e. The summed E-state index contributed by atoms with van der Waals surface area (Å²) in [7, 11) is 0. The maximum absolute atomic E-state index is 11.8. The number of hydrogen-bond acceptors (Lipinski definition) is 4. The van der Waals surface area contributed by atoms with Gasteiger partial charge in [0.1, 0.15) is 11.8 Å². The molecule has 1 rings (SSSR count). The average Bonchev–Trinajstić information content (AvgIpc) is 2.10. The number of nitrogens with zero attached hydrogens (tertiary/aromatic N) is 2. The zero-order chi connectivity index (χ0) is 11.6. The van der Waals surface area contributed by atoms with Crippen LogP contribution in [0.25, 0.3) is 0 Å². The van der Waals surface area contributed by atoms with E-state index in [-0.39, 0.29) is 10.2 Å². The van der Waals surface area contributed by atoms with E-state index >= 15 is 0 Å². The van der Waals surface area contributed by atoms with Gasteiger partial charge in [0.05, 0.1) is 4.47 Å². The van der Waals surface area contributed by atoms with Crippen LogP contribution in [0.4, 0.5) is 13.2 Å². The van der Waals surface area contributed by atoms with Crippen molar-refractivity contribution in [2.75, 3.05) is 0 Å². The van der Waals surface area contributed by atoms with Crippen molar-refractivity contribution in [2.24, 2.45) is 0 Å². The summed E-state index contributed by atoms with van der Waals surface area (Å²) in [6.07, 6.45) is -4.97. The van der Waals surface area contributed by atoms with Crippen molar-refractivity contribution >= 4 is 15.9 Å². The first-order chi connectivity index (χ1) is 6.83. The van der Waals surface area contributed by atoms with Crippen molar-refractivity contribution in [3.63, 3.8) is 0 Å². The molecule has 0 unspecified atom stereocenters. The lowest BCUT2D eigenvalue weighted by molar-refractivity contribution is -0.276. The molecule has 8 heteroatoms. The molecule has 0 spiro atoms. The Morgan fingerprint density at radius 3 is 2.60 bits per heavy atom. The second kappa shape index (κ2) is 3.94. The first kappa shape index (κ1) is 11.6. The summed E-state index contributed by atoms with van der Waals surface area (Å²) in [5.74, 6) is -1.88. The summed E-state index contributed by atoms with van der Waals surface area (Å²) in [4.78, 5) is 3.15. The van der Waals surface area contributed by atoms with E-state index in [0.29, 0.717) is 0 Å². The van der Waals surface area contributed by atoms with Gasteiger partial charge in [-0.2, -0.15) is 10.2 Å². The van der Waals surface area contributed by atoms with Crippen LogP contribution < -0.4 is 4.74 Å². The lowest BCUT2D eigenvalue weighted by atomic mass is 10.3. The molecular formula is C7H2BrF3N2O2. The molecule has 15 heavy (non-hydrogen) atoms. The van der Waals surface area contributed by atoms with Crippen molar-refractivity contribution < 1.29 is 23.0 Å². The molecule has 0 aliphatic carbocycles. The highest BCUT2D eigenvalue weighted by Gasteiger charge is 2.33. The number of hydrogen-bond donors (Lipinski definition) is 1. The SMILES string of the molecule is N#Cc1cc(Br)c(O)c(OC(F)(F)F)n1. The van der Waals surface area contributed by atoms with Crippen molar-refractivity contribution in [3.05, 3.63) is 16.2 Å². The average molecular weight is 283 g/mol. The van der Waals surface area contributed by atoms with Crippen molar-refractivity contribution in [1.29, 1.82) is 5.26 Å². The van der Waals surface area contributed by atoms with E-state index < -0.39 is 18.0 Å². The molecule has 0 saturated carbocycles. The molecule has 0 fully saturated rings. The summed E-state index contributed by atoms with van der Waals surface area (Å²) in [6.45, 7) is 0. The van der Waals surface area contributed by atoms with Gasteiger partial charge in [0.2, 0.25) is 0 Å². The van der Waals surface area contributed by atoms with Crippen LogP contribution in [0, 0.1) is 11.3 Å². The maximum Gasteiger partial charge on any atom is 0.574 e. The summed E-state index contributed by atoms with van der Waals surface area (Å²) < 4.78 is 38.8. The molecule has 0 aliphatic rings. The quantitative estimate of drug-likeness (QED) is 0.858. The second-order valence-electron chi connectivity index (χ2n) is 2.30. The molecule has 0 atom stereocenters. The molecule has 1 heterocycles. The minimum Gasteiger partial charge on any atom is -0.502 e. The molecule has 1 N–H and O–H groups in total. The molecule has 0 bridgehead atoms. The highest BCUT2D eigenvalue weighted by atomic mass is 79.9. The third kappa shape index (κ3) is 2.99. The third-order valence-electron chi connectivity index (χ3n) is 1.24. The molecule has 1 aromatic rings. The zero-order valence-corrected chi connectivity index (χ0v) is 8.43. The van der Waals surface area contributed by atoms with Crippen LogP contribution in [-0.4, -0.2) is 16.5 Å². The topological polar surface area (TPSA) is 66.1 Å². The lowest BCUT2D eigenvalue weighted by Gasteiger charge is -2.09. The van der Waals surface area contributed by atoms with E-state index in [4.69, 9.17) is 10.4 Å². The van der Waals surface area contributed by atoms with Crippen LogP contribution in [0.5, 0.6) is 11.6 Å². The van der Waals surface area contributed by atoms with Crippen molar-refractivity contribution in [1.82, 2.24) is 4.98 Å². The first-order valence-electron chi connectivity index (χ1n) is 3.39. The molecule has 80 valence electrons. The van der Waals surface area contributed by atoms with Crippen molar-refractivity contribution in [3.8, 4) is 17.7 Å². The van der Waals surface area contributed by atoms with Gasteiger partial charge in [0.15, 0.2) is 5.75 Å². The minimum absolute atomic E-state index is 0.103. The van der Waals surface area contributed by atoms with Gasteiger partial charge in [-0.3, -0.25) is 0 Å². The number of aromatic nitrogens is 1. The van der Waals surface area contributed by atoms with Gasteiger partial charge >= 0.3 is 6.36 Å². The van der Waals surface area contributed by atoms with Gasteiger partial charge < -0.3 is 9.84 Å². The van der Waals surface area contributed by atoms with Crippen LogP contribution in [0.15, 0.2) is 10.5 Å². The Kier molecular flexibility index (Phi) is 3.04. The van der Waals surface area contributed by atoms with Crippen LogP contribution in [-0.2, 0) is 0 Å². The molecule has 4 nitrogen and oxygen atoms in total. The predicted molar refractivity (Wildman–Crippen MR) is 45.0 cm³/mol. The van der Waals surface area contributed by atoms with Gasteiger partial charge in [0.25, 0.3) is 5.88 Å². The second-order valence-corrected chi connectivity index (χ2v) is 3.16. The number of alkyl halides is 3. The third-order valence-corrected chi connectivity index (χ3v) is 1.85. The molecule has 0 radical (unpaired) electrons. The molecular weight excluding hydrogens is 281 g/mol. The molecule has 1 aromatic heterocycles. The lowest BCUT2D eigenvalue weighted by Crippen LogP contribution is -2.18. The van der Waals surface area contributed by atoms with E-state index in [1.165, 1.54) is 6.07 Å². The van der Waals surface area contributed by atoms with E-state index in [9.17, 15) is 13.2 Å². The standard InChI is InChI=1S/C7H2BrF3N2O2/c8-4-1-3(2-12)13-6(5(4)14)15-7(9,10)11/h1,14H. The molecule has 0 saturated heterocycles. The fraction of sp³-hybridized carbons (Fsp3) is 0.143. The van der Waals surface area contributed by atoms with Gasteiger partial charge in [0, 0.05) is 0 Å². The van der Waals surface area contributed by atoms with Crippen molar-refractivity contribution in [2.45, 2.75) is 6.36 Å². The van der Waals surface area contributed by atoms with E-state index in [1.807, 2.05) is 0 Å². The Labute approximate surface area is 90.0 Å². The fourth-order valence-electron chi connectivity index (χ4n) is 0.723. The summed E-state index contributed by atoms with van der Waals surface area (Å²) in [5.41, 5.74) is -0.307. The van der Waals surface area contributed by atoms with Crippen LogP contribution in [0.1, 0.15) is 5.69 Å². The van der Waals surface area contributed by atoms with Gasteiger partial charge in [-0.05, 0) is 22.0 Å². The molecule has 0 aliphatic heterocycles. The summed E-state index contributed by atoms with van der Waals surface area (Å²) in [6, 6.07) is 2.59. The van der Waals surface area contributed by atoms with E-state index in [2.05, 4.69) is 25.7 Å². The number of aromatic hydroxyl groups is 1. The van der Waals surface area contributed by atoms with Crippen LogP contribution >= 0.6 is 15.9 Å². The Morgan fingerprint density at radius 1 is 1.53 bits per heavy atom. The number of rotatable bonds is 1. The Morgan fingerprint density at radius 2 is 2.13 bits per heavy atom. The van der Waals surface area contributed by atoms with Gasteiger partial charge in [-0.1, -0.05) is 0 Å². The van der Waals surface area contributed by atoms with Crippen LogP contribution in [0.2, 0.25) is 0 Å². The fourth-order valence-corrected chi connectivity index (χ4v) is 1.11. The van der Waals surface area contributed by atoms with E-state index in [0.717, 1.165) is 6.07 Å². The van der Waals surface area contributed by atoms with Gasteiger partial charge in [-0.15, -0.1) is 13.2 Å². The number of nitriles is 1. The minimum atomic E-state index is -4.97. The Hall–Kier alpha value is -1.49. The molecule has 0 amide bonds. The van der Waals surface area contributed by atoms with Crippen LogP contribution in [0.3, 0.4) is 0 Å². The highest BCUT2D eigenvalue weighted by molar-refractivity contribution is 9.10. The number of ether oxygens (including phenoxy) is 1. The zero-order valence-electron chi connectivity index (χ0n) is 6.84. The summed E-state index contributed by atoms with van der Waals surface area (Å²) in [5, 5.41) is 17.6. The maximum atomic E-state index is 11.8. The Balaban J connectivity index is 3.18. The highest BCUT2D eigenvalue weighted by Crippen LogP contribution is 2.35. The van der Waals surface area contributed by atoms with E-state index in [1.54, 1.807) is 0 Å². The summed E-state index contributed by atoms with van der Waals surface area (Å²) >= 11 is 2.76. The number of pyridine rings is 1. The predicted octanol–water partition coefficient (Wildman–Crippen LogP) is 2.32. The molecule has 0 aromatic carbocycles.